The average molecular weight is 217 g/mol. The molecule has 0 N–H and O–H groups in total. The van der Waals surface area contributed by atoms with Gasteiger partial charge in [-0.3, -0.25) is 4.90 Å². The fourth-order valence-electron chi connectivity index (χ4n) is 2.07. The maximum Gasteiger partial charge on any atom is 0.118 e. The predicted molar refractivity (Wildman–Crippen MR) is 66.9 cm³/mol. The normalized spacial score (nSPS) is 21.0. The summed E-state index contributed by atoms with van der Waals surface area (Å²) in [7, 11) is 3.89. The second-order valence-corrected chi connectivity index (χ2v) is 4.32. The maximum absolute atomic E-state index is 5.16. The van der Waals surface area contributed by atoms with E-state index >= 15 is 0 Å². The van der Waals surface area contributed by atoms with Crippen molar-refractivity contribution in [1.82, 2.24) is 4.90 Å². The summed E-state index contributed by atoms with van der Waals surface area (Å²) in [5, 5.41) is 0. The van der Waals surface area contributed by atoms with E-state index in [-0.39, 0.29) is 0 Å². The van der Waals surface area contributed by atoms with E-state index in [2.05, 4.69) is 36.2 Å². The lowest BCUT2D eigenvalue weighted by Gasteiger charge is -2.28. The van der Waals surface area contributed by atoms with E-state index in [9.17, 15) is 0 Å². The minimum atomic E-state index is 0.544. The fourth-order valence-corrected chi connectivity index (χ4v) is 2.07. The molecule has 1 unspecified atom stereocenters. The third kappa shape index (κ3) is 2.64. The van der Waals surface area contributed by atoms with Crippen molar-refractivity contribution in [1.29, 1.82) is 0 Å². The van der Waals surface area contributed by atoms with Crippen molar-refractivity contribution in [3.8, 4) is 5.75 Å². The Kier molecular flexibility index (Phi) is 3.62. The van der Waals surface area contributed by atoms with Crippen LogP contribution in [0.2, 0.25) is 0 Å². The molecule has 2 rings (SSSR count). The van der Waals surface area contributed by atoms with E-state index in [0.29, 0.717) is 6.04 Å². The van der Waals surface area contributed by atoms with E-state index in [1.54, 1.807) is 7.11 Å². The lowest BCUT2D eigenvalue weighted by atomic mass is 10.0. The molecule has 0 aliphatic carbocycles. The van der Waals surface area contributed by atoms with Gasteiger partial charge in [0.05, 0.1) is 7.11 Å². The first-order valence-electron chi connectivity index (χ1n) is 5.79. The van der Waals surface area contributed by atoms with E-state index in [0.717, 1.165) is 18.7 Å². The van der Waals surface area contributed by atoms with Gasteiger partial charge in [0.1, 0.15) is 5.75 Å². The topological polar surface area (TPSA) is 12.5 Å². The Hall–Kier alpha value is -1.28. The Morgan fingerprint density at radius 2 is 2.06 bits per heavy atom. The van der Waals surface area contributed by atoms with E-state index < -0.39 is 0 Å². The fraction of sp³-hybridized carbons (Fsp3) is 0.429. The zero-order chi connectivity index (χ0) is 11.4. The molecule has 0 fully saturated rings. The van der Waals surface area contributed by atoms with Gasteiger partial charge in [0.25, 0.3) is 0 Å². The van der Waals surface area contributed by atoms with Gasteiger partial charge < -0.3 is 4.74 Å². The molecule has 0 radical (unpaired) electrons. The lowest BCUT2D eigenvalue weighted by molar-refractivity contribution is 0.273. The first-order chi connectivity index (χ1) is 7.79. The van der Waals surface area contributed by atoms with Gasteiger partial charge in [-0.15, -0.1) is 0 Å². The highest BCUT2D eigenvalue weighted by molar-refractivity contribution is 5.28. The molecular formula is C14H19NO. The van der Waals surface area contributed by atoms with Gasteiger partial charge >= 0.3 is 0 Å². The summed E-state index contributed by atoms with van der Waals surface area (Å²) < 4.78 is 5.16. The van der Waals surface area contributed by atoms with Crippen LogP contribution < -0.4 is 4.74 Å². The van der Waals surface area contributed by atoms with Crippen LogP contribution in [0.5, 0.6) is 5.75 Å². The van der Waals surface area contributed by atoms with Crippen molar-refractivity contribution in [2.45, 2.75) is 18.9 Å². The number of ether oxygens (including phenoxy) is 1. The summed E-state index contributed by atoms with van der Waals surface area (Å²) >= 11 is 0. The van der Waals surface area contributed by atoms with Gasteiger partial charge in [0, 0.05) is 12.6 Å². The molecule has 2 heteroatoms. The molecule has 1 aliphatic rings. The van der Waals surface area contributed by atoms with Crippen molar-refractivity contribution in [3.63, 3.8) is 0 Å². The van der Waals surface area contributed by atoms with E-state index in [4.69, 9.17) is 4.74 Å². The first kappa shape index (κ1) is 11.2. The first-order valence-corrected chi connectivity index (χ1v) is 5.79. The van der Waals surface area contributed by atoms with Crippen molar-refractivity contribution in [3.05, 3.63) is 42.0 Å². The van der Waals surface area contributed by atoms with Crippen LogP contribution in [0.15, 0.2) is 36.4 Å². The molecular weight excluding hydrogens is 198 g/mol. The van der Waals surface area contributed by atoms with Crippen LogP contribution in [0.25, 0.3) is 0 Å². The summed E-state index contributed by atoms with van der Waals surface area (Å²) in [5.74, 6) is 0.927. The minimum Gasteiger partial charge on any atom is -0.497 e. The number of hydrogen-bond donors (Lipinski definition) is 0. The van der Waals surface area contributed by atoms with E-state index in [1.165, 1.54) is 12.0 Å². The van der Waals surface area contributed by atoms with Gasteiger partial charge in [0.2, 0.25) is 0 Å². The summed E-state index contributed by atoms with van der Waals surface area (Å²) in [6.07, 6.45) is 6.86. The molecule has 1 atom stereocenters. The average Bonchev–Trinajstić information content (AvgIpc) is 2.33. The summed E-state index contributed by atoms with van der Waals surface area (Å²) in [5.41, 5.74) is 1.37. The van der Waals surface area contributed by atoms with Gasteiger partial charge in [-0.2, -0.15) is 0 Å². The summed E-state index contributed by atoms with van der Waals surface area (Å²) in [4.78, 5) is 2.41. The Labute approximate surface area is 97.5 Å². The van der Waals surface area contributed by atoms with Crippen LogP contribution in [-0.4, -0.2) is 31.6 Å². The predicted octanol–water partition coefficient (Wildman–Crippen LogP) is 2.50. The Morgan fingerprint density at radius 1 is 1.31 bits per heavy atom. The maximum atomic E-state index is 5.16. The molecule has 1 aromatic carbocycles. The molecule has 1 aliphatic heterocycles. The molecule has 1 heterocycles. The smallest absolute Gasteiger partial charge is 0.118 e. The number of benzene rings is 1. The molecule has 1 aromatic rings. The summed E-state index contributed by atoms with van der Waals surface area (Å²) in [6, 6.07) is 8.90. The van der Waals surface area contributed by atoms with Gasteiger partial charge in [-0.05, 0) is 37.6 Å². The molecule has 86 valence electrons. The zero-order valence-electron chi connectivity index (χ0n) is 10.0. The monoisotopic (exact) mass is 217 g/mol. The Balaban J connectivity index is 2.02. The Morgan fingerprint density at radius 3 is 2.69 bits per heavy atom. The largest absolute Gasteiger partial charge is 0.497 e. The van der Waals surface area contributed by atoms with Crippen molar-refractivity contribution < 1.29 is 4.74 Å². The number of hydrogen-bond acceptors (Lipinski definition) is 2. The van der Waals surface area contributed by atoms with Gasteiger partial charge in [-0.25, -0.2) is 0 Å². The van der Waals surface area contributed by atoms with Crippen molar-refractivity contribution in [2.75, 3.05) is 20.7 Å². The third-order valence-electron chi connectivity index (χ3n) is 3.18. The molecule has 0 aromatic heterocycles. The molecule has 0 saturated carbocycles. The second-order valence-electron chi connectivity index (χ2n) is 4.32. The zero-order valence-corrected chi connectivity index (χ0v) is 10.0. The van der Waals surface area contributed by atoms with E-state index in [1.807, 2.05) is 12.1 Å². The standard InChI is InChI=1S/C14H19NO/c1-15-10-4-3-5-13(15)11-12-6-8-14(16-2)9-7-12/h3,5-9,13H,4,10-11H2,1-2H3. The highest BCUT2D eigenvalue weighted by Crippen LogP contribution is 2.16. The van der Waals surface area contributed by atoms with Crippen LogP contribution in [0.4, 0.5) is 0 Å². The third-order valence-corrected chi connectivity index (χ3v) is 3.18. The number of methoxy groups -OCH3 is 1. The molecule has 2 nitrogen and oxygen atoms in total. The molecule has 16 heavy (non-hydrogen) atoms. The van der Waals surface area contributed by atoms with Crippen LogP contribution in [0.1, 0.15) is 12.0 Å². The number of rotatable bonds is 3. The number of likely N-dealkylation sites (N-methyl/N-ethyl adjacent to an activating group) is 1. The van der Waals surface area contributed by atoms with Crippen LogP contribution in [0, 0.1) is 0 Å². The molecule has 0 spiro atoms. The molecule has 0 amide bonds. The lowest BCUT2D eigenvalue weighted by Crippen LogP contribution is -2.34. The molecule has 0 bridgehead atoms. The number of nitrogens with zero attached hydrogens (tertiary/aromatic N) is 1. The Bertz CT molecular complexity index is 356. The van der Waals surface area contributed by atoms with Crippen molar-refractivity contribution >= 4 is 0 Å². The van der Waals surface area contributed by atoms with Gasteiger partial charge in [0.15, 0.2) is 0 Å². The quantitative estimate of drug-likeness (QED) is 0.721. The van der Waals surface area contributed by atoms with Crippen LogP contribution in [-0.2, 0) is 6.42 Å². The SMILES string of the molecule is COc1ccc(CC2C=CCCN2C)cc1. The van der Waals surface area contributed by atoms with Gasteiger partial charge in [-0.1, -0.05) is 24.3 Å². The molecule has 0 saturated heterocycles. The minimum absolute atomic E-state index is 0.544. The highest BCUT2D eigenvalue weighted by atomic mass is 16.5. The second kappa shape index (κ2) is 5.17. The van der Waals surface area contributed by atoms with Crippen LogP contribution >= 0.6 is 0 Å². The van der Waals surface area contributed by atoms with Crippen LogP contribution in [0.3, 0.4) is 0 Å². The summed E-state index contributed by atoms with van der Waals surface area (Å²) in [6.45, 7) is 1.16. The highest BCUT2D eigenvalue weighted by Gasteiger charge is 2.14. The van der Waals surface area contributed by atoms with Crippen molar-refractivity contribution in [2.24, 2.45) is 0 Å².